The summed E-state index contributed by atoms with van der Waals surface area (Å²) >= 11 is 0. The first-order chi connectivity index (χ1) is 15.3. The molecular weight excluding hydrogens is 384 g/mol. The maximum Gasteiger partial charge on any atom is 0.276 e. The van der Waals surface area contributed by atoms with E-state index in [4.69, 9.17) is 9.47 Å². The molecule has 0 unspecified atom stereocenters. The van der Waals surface area contributed by atoms with Crippen LogP contribution < -0.4 is 9.47 Å². The Hall–Kier alpha value is -3.66. The Morgan fingerprint density at radius 2 is 1.19 bits per heavy atom. The molecule has 1 fully saturated rings. The predicted molar refractivity (Wildman–Crippen MR) is 120 cm³/mol. The van der Waals surface area contributed by atoms with E-state index in [1.54, 1.807) is 0 Å². The van der Waals surface area contributed by atoms with Gasteiger partial charge in [0.25, 0.3) is 5.88 Å². The predicted octanol–water partition coefficient (Wildman–Crippen LogP) is 5.71. The minimum atomic E-state index is -0.0723. The van der Waals surface area contributed by atoms with Crippen molar-refractivity contribution in [2.24, 2.45) is 0 Å². The van der Waals surface area contributed by atoms with Crippen molar-refractivity contribution in [3.05, 3.63) is 119 Å². The summed E-state index contributed by atoms with van der Waals surface area (Å²) in [5, 5.41) is 9.00. The second-order valence-electron chi connectivity index (χ2n) is 7.90. The lowest BCUT2D eigenvalue weighted by molar-refractivity contribution is 0.243. The van der Waals surface area contributed by atoms with Gasteiger partial charge in [0.2, 0.25) is 0 Å². The minimum Gasteiger partial charge on any atom is -0.483 e. The Labute approximate surface area is 182 Å². The molecular formula is C27H24N2O2. The van der Waals surface area contributed by atoms with Crippen molar-refractivity contribution in [2.45, 2.75) is 31.5 Å². The summed E-state index contributed by atoms with van der Waals surface area (Å²) in [6.07, 6.45) is 2.13. The molecule has 0 saturated heterocycles. The molecule has 1 saturated carbocycles. The molecule has 3 aromatic carbocycles. The first-order valence-corrected chi connectivity index (χ1v) is 10.6. The zero-order valence-corrected chi connectivity index (χ0v) is 17.3. The largest absolute Gasteiger partial charge is 0.483 e. The van der Waals surface area contributed by atoms with E-state index >= 15 is 0 Å². The summed E-state index contributed by atoms with van der Waals surface area (Å²) in [5.74, 6) is 1.05. The third kappa shape index (κ3) is 4.29. The minimum absolute atomic E-state index is 0.0723. The average molecular weight is 409 g/mol. The molecule has 4 heteroatoms. The zero-order valence-electron chi connectivity index (χ0n) is 17.3. The van der Waals surface area contributed by atoms with Gasteiger partial charge in [-0.15, -0.1) is 5.10 Å². The van der Waals surface area contributed by atoms with Gasteiger partial charge in [-0.3, -0.25) is 0 Å². The summed E-state index contributed by atoms with van der Waals surface area (Å²) in [6.45, 7) is 0.867. The summed E-state index contributed by atoms with van der Waals surface area (Å²) in [6, 6.07) is 32.7. The smallest absolute Gasteiger partial charge is 0.276 e. The first kappa shape index (κ1) is 19.3. The van der Waals surface area contributed by atoms with Crippen LogP contribution in [0, 0.1) is 0 Å². The van der Waals surface area contributed by atoms with Gasteiger partial charge in [0.1, 0.15) is 13.2 Å². The molecule has 0 spiro atoms. The van der Waals surface area contributed by atoms with Crippen molar-refractivity contribution in [3.63, 3.8) is 0 Å². The monoisotopic (exact) mass is 408 g/mol. The number of hydrogen-bond acceptors (Lipinski definition) is 4. The fraction of sp³-hybridized carbons (Fsp3) is 0.185. The van der Waals surface area contributed by atoms with E-state index in [0.717, 1.165) is 29.7 Å². The van der Waals surface area contributed by atoms with E-state index in [0.29, 0.717) is 24.8 Å². The van der Waals surface area contributed by atoms with Gasteiger partial charge >= 0.3 is 0 Å². The van der Waals surface area contributed by atoms with Crippen LogP contribution in [0.4, 0.5) is 0 Å². The number of benzene rings is 3. The van der Waals surface area contributed by atoms with Gasteiger partial charge in [0, 0.05) is 11.5 Å². The van der Waals surface area contributed by atoms with E-state index in [1.807, 2.05) is 72.8 Å². The Bertz CT molecular complexity index is 1130. The topological polar surface area (TPSA) is 44.2 Å². The van der Waals surface area contributed by atoms with Crippen LogP contribution in [0.5, 0.6) is 11.6 Å². The molecule has 31 heavy (non-hydrogen) atoms. The average Bonchev–Trinajstić information content (AvgIpc) is 3.66. The van der Waals surface area contributed by atoms with Crippen LogP contribution in [-0.2, 0) is 18.6 Å². The van der Waals surface area contributed by atoms with Gasteiger partial charge in [0.05, 0.1) is 5.69 Å². The third-order valence-corrected chi connectivity index (χ3v) is 5.75. The van der Waals surface area contributed by atoms with Crippen molar-refractivity contribution < 1.29 is 9.47 Å². The van der Waals surface area contributed by atoms with Crippen molar-refractivity contribution in [1.82, 2.24) is 10.2 Å². The quantitative estimate of drug-likeness (QED) is 0.374. The third-order valence-electron chi connectivity index (χ3n) is 5.75. The SMILES string of the molecule is c1ccc(COc2cc(C3(c4ccccc4)CC3)nnc2OCc2ccccc2)cc1. The maximum absolute atomic E-state index is 6.18. The van der Waals surface area contributed by atoms with Gasteiger partial charge in [-0.2, -0.15) is 5.10 Å². The molecule has 0 aliphatic heterocycles. The Morgan fingerprint density at radius 1 is 0.645 bits per heavy atom. The van der Waals surface area contributed by atoms with E-state index in [1.165, 1.54) is 5.56 Å². The molecule has 0 radical (unpaired) electrons. The Balaban J connectivity index is 1.43. The molecule has 1 aromatic heterocycles. The highest BCUT2D eigenvalue weighted by Gasteiger charge is 2.48. The number of ether oxygens (including phenoxy) is 2. The van der Waals surface area contributed by atoms with Crippen molar-refractivity contribution in [3.8, 4) is 11.6 Å². The van der Waals surface area contributed by atoms with Crippen molar-refractivity contribution >= 4 is 0 Å². The van der Waals surface area contributed by atoms with Crippen molar-refractivity contribution in [2.75, 3.05) is 0 Å². The molecule has 1 aliphatic rings. The second-order valence-corrected chi connectivity index (χ2v) is 7.90. The molecule has 0 N–H and O–H groups in total. The molecule has 0 amide bonds. The summed E-state index contributed by atoms with van der Waals surface area (Å²) in [5.41, 5.74) is 4.31. The highest BCUT2D eigenvalue weighted by molar-refractivity contribution is 5.45. The fourth-order valence-corrected chi connectivity index (χ4v) is 3.84. The van der Waals surface area contributed by atoms with Crippen LogP contribution in [-0.4, -0.2) is 10.2 Å². The number of hydrogen-bond donors (Lipinski definition) is 0. The summed E-state index contributed by atoms with van der Waals surface area (Å²) < 4.78 is 12.2. The molecule has 4 nitrogen and oxygen atoms in total. The van der Waals surface area contributed by atoms with Gasteiger partial charge in [-0.1, -0.05) is 91.0 Å². The second kappa shape index (κ2) is 8.60. The maximum atomic E-state index is 6.18. The van der Waals surface area contributed by atoms with E-state index in [9.17, 15) is 0 Å². The highest BCUT2D eigenvalue weighted by atomic mass is 16.5. The van der Waals surface area contributed by atoms with E-state index < -0.39 is 0 Å². The van der Waals surface area contributed by atoms with Gasteiger partial charge in [-0.25, -0.2) is 0 Å². The fourth-order valence-electron chi connectivity index (χ4n) is 3.84. The van der Waals surface area contributed by atoms with Crippen LogP contribution in [0.2, 0.25) is 0 Å². The molecule has 1 aliphatic carbocycles. The van der Waals surface area contributed by atoms with Gasteiger partial charge < -0.3 is 9.47 Å². The molecule has 154 valence electrons. The van der Waals surface area contributed by atoms with Gasteiger partial charge in [0.15, 0.2) is 5.75 Å². The number of aromatic nitrogens is 2. The van der Waals surface area contributed by atoms with Crippen LogP contribution in [0.3, 0.4) is 0 Å². The van der Waals surface area contributed by atoms with Crippen LogP contribution in [0.1, 0.15) is 35.2 Å². The first-order valence-electron chi connectivity index (χ1n) is 10.6. The normalized spacial score (nSPS) is 14.1. The highest BCUT2D eigenvalue weighted by Crippen LogP contribution is 2.53. The summed E-state index contributed by atoms with van der Waals surface area (Å²) in [7, 11) is 0. The lowest BCUT2D eigenvalue weighted by atomic mass is 9.92. The van der Waals surface area contributed by atoms with E-state index in [-0.39, 0.29) is 5.41 Å². The van der Waals surface area contributed by atoms with Crippen molar-refractivity contribution in [1.29, 1.82) is 0 Å². The molecule has 0 atom stereocenters. The number of nitrogens with zero attached hydrogens (tertiary/aromatic N) is 2. The lowest BCUT2D eigenvalue weighted by Gasteiger charge is -2.17. The summed E-state index contributed by atoms with van der Waals surface area (Å²) in [4.78, 5) is 0. The van der Waals surface area contributed by atoms with Crippen LogP contribution in [0.25, 0.3) is 0 Å². The zero-order chi connectivity index (χ0) is 20.9. The Morgan fingerprint density at radius 3 is 1.77 bits per heavy atom. The lowest BCUT2D eigenvalue weighted by Crippen LogP contribution is -2.13. The standard InChI is InChI=1S/C27H24N2O2/c1-4-10-21(11-5-1)19-30-24-18-25(27(16-17-27)23-14-8-3-9-15-23)28-29-26(24)31-20-22-12-6-2-7-13-22/h1-15,18H,16-17,19-20H2. The molecule has 5 rings (SSSR count). The van der Waals surface area contributed by atoms with Crippen LogP contribution >= 0.6 is 0 Å². The number of rotatable bonds is 8. The molecule has 1 heterocycles. The van der Waals surface area contributed by atoms with Gasteiger partial charge in [-0.05, 0) is 29.5 Å². The van der Waals surface area contributed by atoms with Crippen LogP contribution in [0.15, 0.2) is 97.1 Å². The molecule has 4 aromatic rings. The van der Waals surface area contributed by atoms with E-state index in [2.05, 4.69) is 34.5 Å². The molecule has 0 bridgehead atoms. The Kier molecular flexibility index (Phi) is 5.36.